The number of para-hydroxylation sites is 2. The van der Waals surface area contributed by atoms with Crippen molar-refractivity contribution in [3.8, 4) is 0 Å². The number of rotatable bonds is 5. The largest absolute Gasteiger partial charge is 0.341 e. The quantitative estimate of drug-likeness (QED) is 0.724. The van der Waals surface area contributed by atoms with Gasteiger partial charge in [0.15, 0.2) is 0 Å². The van der Waals surface area contributed by atoms with E-state index >= 15 is 0 Å². The smallest absolute Gasteiger partial charge is 0.280 e. The van der Waals surface area contributed by atoms with Crippen molar-refractivity contribution >= 4 is 21.2 Å². The van der Waals surface area contributed by atoms with Gasteiger partial charge in [-0.1, -0.05) is 48.9 Å². The lowest BCUT2D eigenvalue weighted by atomic mass is 10.0. The Kier molecular flexibility index (Phi) is 4.76. The lowest BCUT2D eigenvalue weighted by Crippen LogP contribution is -2.45. The first kappa shape index (κ1) is 17.2. The van der Waals surface area contributed by atoms with Crippen LogP contribution < -0.4 is 4.72 Å². The van der Waals surface area contributed by atoms with E-state index in [1.165, 1.54) is 0 Å². The molecular formula is C19H22N4O2S. The first-order valence-electron chi connectivity index (χ1n) is 8.88. The van der Waals surface area contributed by atoms with E-state index in [2.05, 4.69) is 14.7 Å². The normalized spacial score (nSPS) is 19.0. The molecule has 2 aromatic carbocycles. The minimum absolute atomic E-state index is 0.260. The van der Waals surface area contributed by atoms with Crippen LogP contribution in [-0.2, 0) is 16.8 Å². The zero-order chi connectivity index (χ0) is 18.0. The number of nitrogens with zero attached hydrogens (tertiary/aromatic N) is 2. The fourth-order valence-electron chi connectivity index (χ4n) is 3.45. The Morgan fingerprint density at radius 2 is 1.85 bits per heavy atom. The minimum atomic E-state index is -3.59. The van der Waals surface area contributed by atoms with Gasteiger partial charge in [-0.25, -0.2) is 4.98 Å². The maximum atomic E-state index is 12.9. The van der Waals surface area contributed by atoms with Crippen molar-refractivity contribution in [2.45, 2.75) is 31.8 Å². The van der Waals surface area contributed by atoms with E-state index in [0.29, 0.717) is 6.54 Å². The van der Waals surface area contributed by atoms with E-state index in [-0.39, 0.29) is 12.6 Å². The zero-order valence-corrected chi connectivity index (χ0v) is 15.2. The molecule has 1 saturated heterocycles. The molecule has 3 aromatic rings. The number of aromatic nitrogens is 2. The Bertz CT molecular complexity index is 952. The van der Waals surface area contributed by atoms with Gasteiger partial charge in [-0.3, -0.25) is 0 Å². The summed E-state index contributed by atoms with van der Waals surface area (Å²) in [7, 11) is -3.59. The topological polar surface area (TPSA) is 78.1 Å². The van der Waals surface area contributed by atoms with Crippen LogP contribution in [0.15, 0.2) is 54.6 Å². The molecule has 6 nitrogen and oxygen atoms in total. The van der Waals surface area contributed by atoms with Gasteiger partial charge in [-0.2, -0.15) is 17.4 Å². The predicted octanol–water partition coefficient (Wildman–Crippen LogP) is 3.12. The average molecular weight is 370 g/mol. The van der Waals surface area contributed by atoms with E-state index in [0.717, 1.165) is 41.7 Å². The molecule has 2 heterocycles. The Morgan fingerprint density at radius 3 is 2.65 bits per heavy atom. The van der Waals surface area contributed by atoms with E-state index < -0.39 is 10.2 Å². The second-order valence-electron chi connectivity index (χ2n) is 6.57. The molecule has 1 fully saturated rings. The molecule has 0 radical (unpaired) electrons. The highest BCUT2D eigenvalue weighted by molar-refractivity contribution is 7.87. The highest BCUT2D eigenvalue weighted by atomic mass is 32.2. The molecule has 7 heteroatoms. The molecule has 2 N–H and O–H groups in total. The van der Waals surface area contributed by atoms with Gasteiger partial charge in [0, 0.05) is 13.1 Å². The Balaban J connectivity index is 1.58. The molecule has 0 aliphatic carbocycles. The predicted molar refractivity (Wildman–Crippen MR) is 102 cm³/mol. The van der Waals surface area contributed by atoms with Crippen molar-refractivity contribution in [3.63, 3.8) is 0 Å². The number of piperidine rings is 1. The maximum absolute atomic E-state index is 12.9. The first-order valence-corrected chi connectivity index (χ1v) is 10.3. The number of aromatic amines is 1. The third-order valence-corrected chi connectivity index (χ3v) is 6.35. The van der Waals surface area contributed by atoms with Gasteiger partial charge in [0.2, 0.25) is 0 Å². The van der Waals surface area contributed by atoms with Crippen LogP contribution in [0.4, 0.5) is 0 Å². The number of fused-ring (bicyclic) bond motifs is 1. The molecule has 136 valence electrons. The Labute approximate surface area is 153 Å². The van der Waals surface area contributed by atoms with Gasteiger partial charge in [0.25, 0.3) is 10.2 Å². The summed E-state index contributed by atoms with van der Waals surface area (Å²) < 4.78 is 30.1. The summed E-state index contributed by atoms with van der Waals surface area (Å²) in [6, 6.07) is 17.1. The summed E-state index contributed by atoms with van der Waals surface area (Å²) in [6.45, 7) is 0.790. The summed E-state index contributed by atoms with van der Waals surface area (Å²) in [5.74, 6) is 0.719. The summed E-state index contributed by atoms with van der Waals surface area (Å²) in [4.78, 5) is 7.93. The number of nitrogens with one attached hydrogen (secondary N) is 2. The van der Waals surface area contributed by atoms with Crippen LogP contribution >= 0.6 is 0 Å². The van der Waals surface area contributed by atoms with Crippen LogP contribution in [0.25, 0.3) is 11.0 Å². The van der Waals surface area contributed by atoms with Gasteiger partial charge < -0.3 is 4.98 Å². The van der Waals surface area contributed by atoms with E-state index in [1.807, 2.05) is 54.6 Å². The molecule has 0 spiro atoms. The van der Waals surface area contributed by atoms with Crippen molar-refractivity contribution < 1.29 is 8.42 Å². The van der Waals surface area contributed by atoms with E-state index in [9.17, 15) is 8.42 Å². The van der Waals surface area contributed by atoms with Crippen LogP contribution in [0.2, 0.25) is 0 Å². The first-order chi connectivity index (χ1) is 12.6. The average Bonchev–Trinajstić information content (AvgIpc) is 3.11. The van der Waals surface area contributed by atoms with Crippen LogP contribution in [0.3, 0.4) is 0 Å². The van der Waals surface area contributed by atoms with Crippen LogP contribution in [0, 0.1) is 0 Å². The fourth-order valence-corrected chi connectivity index (χ4v) is 4.87. The second kappa shape index (κ2) is 7.19. The number of hydrogen-bond donors (Lipinski definition) is 2. The van der Waals surface area contributed by atoms with Crippen LogP contribution in [-0.4, -0.2) is 29.2 Å². The number of hydrogen-bond acceptors (Lipinski definition) is 3. The molecule has 1 aliphatic rings. The number of benzene rings is 2. The number of H-pyrrole nitrogens is 1. The SMILES string of the molecule is O=S(=O)(NCc1ccccc1)N1CCCCC1c1nc2ccccc2[nH]1. The molecule has 1 aromatic heterocycles. The lowest BCUT2D eigenvalue weighted by Gasteiger charge is -2.33. The fraction of sp³-hybridized carbons (Fsp3) is 0.316. The highest BCUT2D eigenvalue weighted by Gasteiger charge is 2.34. The molecule has 1 unspecified atom stereocenters. The summed E-state index contributed by atoms with van der Waals surface area (Å²) >= 11 is 0. The number of imidazole rings is 1. The van der Waals surface area contributed by atoms with E-state index in [4.69, 9.17) is 0 Å². The molecule has 0 saturated carbocycles. The molecule has 1 atom stereocenters. The molecule has 0 amide bonds. The van der Waals surface area contributed by atoms with Crippen molar-refractivity contribution in [1.82, 2.24) is 19.0 Å². The van der Waals surface area contributed by atoms with E-state index in [1.54, 1.807) is 4.31 Å². The highest BCUT2D eigenvalue weighted by Crippen LogP contribution is 2.32. The summed E-state index contributed by atoms with van der Waals surface area (Å²) in [5, 5.41) is 0. The van der Waals surface area contributed by atoms with Crippen molar-refractivity contribution in [3.05, 3.63) is 66.0 Å². The van der Waals surface area contributed by atoms with Crippen molar-refractivity contribution in [1.29, 1.82) is 0 Å². The standard InChI is InChI=1S/C19H22N4O2S/c24-26(25,20-14-15-8-2-1-3-9-15)23-13-7-6-12-18(23)19-21-16-10-4-5-11-17(16)22-19/h1-5,8-11,18,20H,6-7,12-14H2,(H,21,22). The third-order valence-electron chi connectivity index (χ3n) is 4.79. The molecule has 1 aliphatic heterocycles. The van der Waals surface area contributed by atoms with Gasteiger partial charge >= 0.3 is 0 Å². The van der Waals surface area contributed by atoms with Crippen LogP contribution in [0.5, 0.6) is 0 Å². The summed E-state index contributed by atoms with van der Waals surface area (Å²) in [6.07, 6.45) is 2.63. The van der Waals surface area contributed by atoms with Crippen molar-refractivity contribution in [2.24, 2.45) is 0 Å². The minimum Gasteiger partial charge on any atom is -0.341 e. The van der Waals surface area contributed by atoms with Crippen LogP contribution in [0.1, 0.15) is 36.7 Å². The summed E-state index contributed by atoms with van der Waals surface area (Å²) in [5.41, 5.74) is 2.73. The van der Waals surface area contributed by atoms with Gasteiger partial charge in [0.1, 0.15) is 5.82 Å². The van der Waals surface area contributed by atoms with Gasteiger partial charge in [-0.05, 0) is 30.5 Å². The molecule has 0 bridgehead atoms. The Hall–Kier alpha value is -2.22. The lowest BCUT2D eigenvalue weighted by molar-refractivity contribution is 0.245. The monoisotopic (exact) mass is 370 g/mol. The Morgan fingerprint density at radius 1 is 1.08 bits per heavy atom. The zero-order valence-electron chi connectivity index (χ0n) is 14.4. The third kappa shape index (κ3) is 3.51. The van der Waals surface area contributed by atoms with Crippen molar-refractivity contribution in [2.75, 3.05) is 6.54 Å². The van der Waals surface area contributed by atoms with Gasteiger partial charge in [-0.15, -0.1) is 0 Å². The van der Waals surface area contributed by atoms with Gasteiger partial charge in [0.05, 0.1) is 17.1 Å². The second-order valence-corrected chi connectivity index (χ2v) is 8.28. The molecule has 4 rings (SSSR count). The molecule has 26 heavy (non-hydrogen) atoms. The maximum Gasteiger partial charge on any atom is 0.280 e. The molecular weight excluding hydrogens is 348 g/mol.